The summed E-state index contributed by atoms with van der Waals surface area (Å²) in [5.74, 6) is 1.88. The molecule has 0 fully saturated rings. The van der Waals surface area contributed by atoms with E-state index in [9.17, 15) is 0 Å². The zero-order chi connectivity index (χ0) is 14.7. The van der Waals surface area contributed by atoms with Gasteiger partial charge in [0.25, 0.3) is 0 Å². The molecule has 0 aromatic carbocycles. The molecule has 0 aliphatic carbocycles. The van der Waals surface area contributed by atoms with Gasteiger partial charge in [-0.3, -0.25) is 0 Å². The normalized spacial score (nSPS) is 9.39. The predicted octanol–water partition coefficient (Wildman–Crippen LogP) is 1.79. The molecule has 0 spiro atoms. The van der Waals surface area contributed by atoms with Gasteiger partial charge < -0.3 is 17.2 Å². The van der Waals surface area contributed by atoms with Gasteiger partial charge in [-0.1, -0.05) is 41.5 Å². The molecule has 0 unspecified atom stereocenters. The number of anilines is 2. The lowest BCUT2D eigenvalue weighted by atomic mass is 10.2. The highest BCUT2D eigenvalue weighted by molar-refractivity contribution is 5.26. The number of hydrogen-bond acceptors (Lipinski definition) is 6. The summed E-state index contributed by atoms with van der Waals surface area (Å²) >= 11 is 0. The van der Waals surface area contributed by atoms with Crippen LogP contribution in [0.25, 0.3) is 0 Å². The predicted molar refractivity (Wildman–Crippen MR) is 78.0 cm³/mol. The zero-order valence-corrected chi connectivity index (χ0v) is 12.4. The van der Waals surface area contributed by atoms with Crippen molar-refractivity contribution in [1.29, 1.82) is 0 Å². The lowest BCUT2D eigenvalue weighted by Crippen LogP contribution is -2.07. The Kier molecular flexibility index (Phi) is 11.3. The highest BCUT2D eigenvalue weighted by Gasteiger charge is 2.04. The molecule has 0 aliphatic heterocycles. The molecule has 1 aromatic rings. The smallest absolute Gasteiger partial charge is 0.225 e. The molecule has 0 saturated carbocycles. The SMILES string of the molecule is CC.CC(C)CN.CC(C)c1nc(N)nc(N)n1. The van der Waals surface area contributed by atoms with E-state index in [1.165, 1.54) is 0 Å². The molecule has 1 rings (SSSR count). The third kappa shape index (κ3) is 9.77. The summed E-state index contributed by atoms with van der Waals surface area (Å²) in [6, 6.07) is 0. The van der Waals surface area contributed by atoms with Gasteiger partial charge in [0.05, 0.1) is 0 Å². The second-order valence-corrected chi connectivity index (χ2v) is 4.19. The molecule has 0 saturated heterocycles. The van der Waals surface area contributed by atoms with Gasteiger partial charge >= 0.3 is 0 Å². The summed E-state index contributed by atoms with van der Waals surface area (Å²) in [6.45, 7) is 12.9. The monoisotopic (exact) mass is 256 g/mol. The van der Waals surface area contributed by atoms with E-state index < -0.39 is 0 Å². The Bertz CT molecular complexity index is 291. The minimum Gasteiger partial charge on any atom is -0.368 e. The maximum atomic E-state index is 5.36. The van der Waals surface area contributed by atoms with Crippen LogP contribution in [0.15, 0.2) is 0 Å². The Morgan fingerprint density at radius 1 is 0.889 bits per heavy atom. The van der Waals surface area contributed by atoms with Gasteiger partial charge in [-0.2, -0.15) is 15.0 Å². The fourth-order valence-corrected chi connectivity index (χ4v) is 0.685. The van der Waals surface area contributed by atoms with Crippen LogP contribution in [-0.4, -0.2) is 21.5 Å². The maximum absolute atomic E-state index is 5.36. The number of nitrogens with two attached hydrogens (primary N) is 3. The average molecular weight is 256 g/mol. The fourth-order valence-electron chi connectivity index (χ4n) is 0.685. The molecule has 1 heterocycles. The first kappa shape index (κ1) is 18.9. The summed E-state index contributed by atoms with van der Waals surface area (Å²) in [5, 5.41) is 0. The van der Waals surface area contributed by atoms with E-state index in [4.69, 9.17) is 17.2 Å². The lowest BCUT2D eigenvalue weighted by molar-refractivity contribution is 0.664. The number of rotatable bonds is 2. The third-order valence-corrected chi connectivity index (χ3v) is 1.68. The van der Waals surface area contributed by atoms with Crippen LogP contribution in [-0.2, 0) is 0 Å². The third-order valence-electron chi connectivity index (χ3n) is 1.68. The summed E-state index contributed by atoms with van der Waals surface area (Å²) in [6.07, 6.45) is 0. The molecule has 0 amide bonds. The van der Waals surface area contributed by atoms with Crippen LogP contribution >= 0.6 is 0 Å². The van der Waals surface area contributed by atoms with Crippen LogP contribution in [0, 0.1) is 5.92 Å². The Balaban J connectivity index is 0. The second-order valence-electron chi connectivity index (χ2n) is 4.19. The van der Waals surface area contributed by atoms with Crippen molar-refractivity contribution in [1.82, 2.24) is 15.0 Å². The standard InChI is InChI=1S/C6H11N5.C4H11N.C2H6/c1-3(2)4-9-5(7)11-6(8)10-4;1-4(2)3-5;1-2/h3H,1-2H3,(H4,7,8,9,10,11);4H,3,5H2,1-2H3;1-2H3. The maximum Gasteiger partial charge on any atom is 0.225 e. The van der Waals surface area contributed by atoms with Crippen molar-refractivity contribution < 1.29 is 0 Å². The quantitative estimate of drug-likeness (QED) is 0.742. The van der Waals surface area contributed by atoms with Crippen LogP contribution in [0.4, 0.5) is 11.9 Å². The average Bonchev–Trinajstić information content (AvgIpc) is 2.31. The number of hydrogen-bond donors (Lipinski definition) is 3. The molecular weight excluding hydrogens is 228 g/mol. The molecule has 18 heavy (non-hydrogen) atoms. The topological polar surface area (TPSA) is 117 Å². The molecule has 6 heteroatoms. The van der Waals surface area contributed by atoms with E-state index >= 15 is 0 Å². The molecule has 6 N–H and O–H groups in total. The van der Waals surface area contributed by atoms with Crippen molar-refractivity contribution in [2.45, 2.75) is 47.5 Å². The van der Waals surface area contributed by atoms with E-state index in [2.05, 4.69) is 28.8 Å². The Hall–Kier alpha value is -1.43. The van der Waals surface area contributed by atoms with E-state index in [0.29, 0.717) is 11.7 Å². The van der Waals surface area contributed by atoms with Crippen molar-refractivity contribution in [3.05, 3.63) is 5.82 Å². The van der Waals surface area contributed by atoms with E-state index in [-0.39, 0.29) is 17.8 Å². The molecule has 0 atom stereocenters. The first-order chi connectivity index (χ1) is 8.36. The minimum absolute atomic E-state index is 0.182. The van der Waals surface area contributed by atoms with E-state index in [1.54, 1.807) is 0 Å². The highest BCUT2D eigenvalue weighted by Crippen LogP contribution is 2.09. The lowest BCUT2D eigenvalue weighted by Gasteiger charge is -2.03. The first-order valence-corrected chi connectivity index (χ1v) is 6.33. The Morgan fingerprint density at radius 3 is 1.44 bits per heavy atom. The number of nitrogens with zero attached hydrogens (tertiary/aromatic N) is 3. The van der Waals surface area contributed by atoms with Crippen molar-refractivity contribution in [2.24, 2.45) is 11.7 Å². The molecule has 106 valence electrons. The highest BCUT2D eigenvalue weighted by atomic mass is 15.1. The fraction of sp³-hybridized carbons (Fsp3) is 0.750. The summed E-state index contributed by atoms with van der Waals surface area (Å²) in [4.78, 5) is 11.5. The Morgan fingerprint density at radius 2 is 1.22 bits per heavy atom. The van der Waals surface area contributed by atoms with Crippen LogP contribution in [0.5, 0.6) is 0 Å². The Labute approximate surface area is 110 Å². The first-order valence-electron chi connectivity index (χ1n) is 6.33. The van der Waals surface area contributed by atoms with Gasteiger partial charge in [-0.25, -0.2) is 0 Å². The largest absolute Gasteiger partial charge is 0.368 e. The van der Waals surface area contributed by atoms with Gasteiger partial charge in [0, 0.05) is 5.92 Å². The molecular formula is C12H28N6. The number of aromatic nitrogens is 3. The van der Waals surface area contributed by atoms with E-state index in [0.717, 1.165) is 6.54 Å². The number of nitrogen functional groups attached to an aromatic ring is 2. The summed E-state index contributed by atoms with van der Waals surface area (Å²) in [5.41, 5.74) is 15.9. The van der Waals surface area contributed by atoms with Crippen molar-refractivity contribution in [3.63, 3.8) is 0 Å². The van der Waals surface area contributed by atoms with Crippen LogP contribution in [0.1, 0.15) is 53.3 Å². The van der Waals surface area contributed by atoms with Crippen molar-refractivity contribution in [2.75, 3.05) is 18.0 Å². The zero-order valence-electron chi connectivity index (χ0n) is 12.4. The molecule has 0 radical (unpaired) electrons. The summed E-state index contributed by atoms with van der Waals surface area (Å²) < 4.78 is 0. The molecule has 0 aliphatic rings. The van der Waals surface area contributed by atoms with Crippen LogP contribution < -0.4 is 17.2 Å². The summed E-state index contributed by atoms with van der Waals surface area (Å²) in [7, 11) is 0. The van der Waals surface area contributed by atoms with Gasteiger partial charge in [0.15, 0.2) is 0 Å². The molecule has 0 bridgehead atoms. The van der Waals surface area contributed by atoms with Gasteiger partial charge in [-0.05, 0) is 12.5 Å². The molecule has 6 nitrogen and oxygen atoms in total. The van der Waals surface area contributed by atoms with Crippen LogP contribution in [0.2, 0.25) is 0 Å². The van der Waals surface area contributed by atoms with Crippen molar-refractivity contribution in [3.8, 4) is 0 Å². The second kappa shape index (κ2) is 10.7. The van der Waals surface area contributed by atoms with Crippen LogP contribution in [0.3, 0.4) is 0 Å². The molecule has 1 aromatic heterocycles. The minimum atomic E-state index is 0.182. The van der Waals surface area contributed by atoms with Gasteiger partial charge in [-0.15, -0.1) is 0 Å². The van der Waals surface area contributed by atoms with E-state index in [1.807, 2.05) is 27.7 Å². The van der Waals surface area contributed by atoms with Gasteiger partial charge in [0.2, 0.25) is 11.9 Å². The van der Waals surface area contributed by atoms with Gasteiger partial charge in [0.1, 0.15) is 5.82 Å². The van der Waals surface area contributed by atoms with Crippen molar-refractivity contribution >= 4 is 11.9 Å².